The summed E-state index contributed by atoms with van der Waals surface area (Å²) < 4.78 is 55.1. The minimum absolute atomic E-state index is 0.0759. The zero-order chi connectivity index (χ0) is 27.1. The number of pyridine rings is 1. The topological polar surface area (TPSA) is 97.1 Å². The molecule has 0 unspecified atom stereocenters. The molecular formula is C26H24F4N6O2. The highest BCUT2D eigenvalue weighted by molar-refractivity contribution is 6.02. The molecule has 3 heterocycles. The van der Waals surface area contributed by atoms with Gasteiger partial charge in [-0.15, -0.1) is 0 Å². The number of fused-ring (bicyclic) bond motifs is 2. The van der Waals surface area contributed by atoms with Gasteiger partial charge in [-0.3, -0.25) is 9.59 Å². The Morgan fingerprint density at radius 3 is 2.53 bits per heavy atom. The molecule has 1 aliphatic rings. The molecule has 0 aliphatic carbocycles. The van der Waals surface area contributed by atoms with Crippen molar-refractivity contribution in [3.8, 4) is 11.4 Å². The molecule has 0 spiro atoms. The highest BCUT2D eigenvalue weighted by Gasteiger charge is 2.28. The third-order valence-electron chi connectivity index (χ3n) is 6.49. The fourth-order valence-electron chi connectivity index (χ4n) is 4.52. The number of carbonyl (C=O) groups is 1. The summed E-state index contributed by atoms with van der Waals surface area (Å²) in [7, 11) is 3.88. The van der Waals surface area contributed by atoms with E-state index in [1.54, 1.807) is 11.0 Å². The van der Waals surface area contributed by atoms with Crippen LogP contribution in [0.25, 0.3) is 22.4 Å². The molecule has 3 N–H and O–H groups in total. The van der Waals surface area contributed by atoms with Crippen LogP contribution >= 0.6 is 0 Å². The summed E-state index contributed by atoms with van der Waals surface area (Å²) in [5.74, 6) is -5.74. The molecule has 198 valence electrons. The number of aromatic nitrogens is 3. The summed E-state index contributed by atoms with van der Waals surface area (Å²) in [6.45, 7) is 1.67. The SMILES string of the molecule is CN(C)CCN1Cc2cc3nc(-c4c(NCCc5c(F)c(F)cc(F)c5F)cc[nH]c4=O)[nH]c3cc2C1=O. The van der Waals surface area contributed by atoms with Crippen molar-refractivity contribution in [1.29, 1.82) is 0 Å². The second kappa shape index (κ2) is 9.93. The average Bonchev–Trinajstić information content (AvgIpc) is 3.42. The average molecular weight is 529 g/mol. The number of rotatable bonds is 8. The molecule has 2 aromatic heterocycles. The van der Waals surface area contributed by atoms with E-state index >= 15 is 0 Å². The lowest BCUT2D eigenvalue weighted by molar-refractivity contribution is 0.0768. The number of nitrogens with zero attached hydrogens (tertiary/aromatic N) is 3. The third-order valence-corrected chi connectivity index (χ3v) is 6.49. The molecule has 8 nitrogen and oxygen atoms in total. The highest BCUT2D eigenvalue weighted by Crippen LogP contribution is 2.30. The number of nitrogens with one attached hydrogen (secondary N) is 3. The van der Waals surface area contributed by atoms with Crippen molar-refractivity contribution < 1.29 is 22.4 Å². The Kier molecular flexibility index (Phi) is 6.66. The van der Waals surface area contributed by atoms with E-state index in [0.717, 1.165) is 12.1 Å². The van der Waals surface area contributed by atoms with Crippen molar-refractivity contribution >= 4 is 22.6 Å². The van der Waals surface area contributed by atoms with Crippen molar-refractivity contribution in [2.45, 2.75) is 13.0 Å². The van der Waals surface area contributed by atoms with Crippen LogP contribution in [-0.2, 0) is 13.0 Å². The van der Waals surface area contributed by atoms with Gasteiger partial charge in [0.1, 0.15) is 11.4 Å². The molecule has 0 radical (unpaired) electrons. The van der Waals surface area contributed by atoms with Crippen LogP contribution < -0.4 is 10.9 Å². The number of carbonyl (C=O) groups excluding carboxylic acids is 1. The van der Waals surface area contributed by atoms with Crippen LogP contribution in [0.2, 0.25) is 0 Å². The lowest BCUT2D eigenvalue weighted by Gasteiger charge is -2.18. The van der Waals surface area contributed by atoms with E-state index in [4.69, 9.17) is 0 Å². The first-order chi connectivity index (χ1) is 18.1. The monoisotopic (exact) mass is 528 g/mol. The maximum atomic E-state index is 14.0. The molecule has 12 heteroatoms. The Balaban J connectivity index is 1.40. The second-order valence-corrected chi connectivity index (χ2v) is 9.36. The minimum Gasteiger partial charge on any atom is -0.384 e. The highest BCUT2D eigenvalue weighted by atomic mass is 19.2. The number of benzene rings is 2. The number of H-pyrrole nitrogens is 2. The molecule has 0 saturated heterocycles. The van der Waals surface area contributed by atoms with Crippen LogP contribution in [0.3, 0.4) is 0 Å². The van der Waals surface area contributed by atoms with Crippen LogP contribution in [0.15, 0.2) is 35.3 Å². The number of anilines is 1. The van der Waals surface area contributed by atoms with Crippen molar-refractivity contribution in [1.82, 2.24) is 24.8 Å². The number of amides is 1. The van der Waals surface area contributed by atoms with Gasteiger partial charge in [-0.05, 0) is 44.3 Å². The summed E-state index contributed by atoms with van der Waals surface area (Å²) in [5, 5.41) is 2.90. The van der Waals surface area contributed by atoms with Gasteiger partial charge in [-0.1, -0.05) is 0 Å². The molecule has 38 heavy (non-hydrogen) atoms. The van der Waals surface area contributed by atoms with Gasteiger partial charge in [0.25, 0.3) is 11.5 Å². The quantitative estimate of drug-likeness (QED) is 0.240. The molecule has 5 rings (SSSR count). The molecule has 2 aromatic carbocycles. The molecule has 1 aliphatic heterocycles. The lowest BCUT2D eigenvalue weighted by atomic mass is 10.1. The largest absolute Gasteiger partial charge is 0.384 e. The number of hydrogen-bond donors (Lipinski definition) is 3. The van der Waals surface area contributed by atoms with E-state index in [-0.39, 0.29) is 36.3 Å². The van der Waals surface area contributed by atoms with E-state index in [1.807, 2.05) is 25.1 Å². The number of imidazole rings is 1. The first-order valence-corrected chi connectivity index (χ1v) is 11.9. The minimum atomic E-state index is -1.48. The Morgan fingerprint density at radius 1 is 1.08 bits per heavy atom. The van der Waals surface area contributed by atoms with Crippen molar-refractivity contribution in [2.24, 2.45) is 0 Å². The predicted molar refractivity (Wildman–Crippen MR) is 134 cm³/mol. The molecule has 0 saturated carbocycles. The maximum absolute atomic E-state index is 14.0. The predicted octanol–water partition coefficient (Wildman–Crippen LogP) is 3.65. The molecule has 0 bridgehead atoms. The number of aromatic amines is 2. The number of halogens is 4. The molecule has 4 aromatic rings. The fourth-order valence-corrected chi connectivity index (χ4v) is 4.52. The zero-order valence-corrected chi connectivity index (χ0v) is 20.6. The van der Waals surface area contributed by atoms with Crippen molar-refractivity contribution in [2.75, 3.05) is 39.0 Å². The third kappa shape index (κ3) is 4.62. The van der Waals surface area contributed by atoms with Crippen LogP contribution in [0.4, 0.5) is 23.2 Å². The Bertz CT molecular complexity index is 1590. The van der Waals surface area contributed by atoms with Crippen LogP contribution in [0.5, 0.6) is 0 Å². The van der Waals surface area contributed by atoms with Crippen molar-refractivity contribution in [3.63, 3.8) is 0 Å². The van der Waals surface area contributed by atoms with E-state index < -0.39 is 34.4 Å². The Labute approximate surface area is 214 Å². The Hall–Kier alpha value is -4.19. The van der Waals surface area contributed by atoms with E-state index in [2.05, 4.69) is 20.3 Å². The maximum Gasteiger partial charge on any atom is 0.261 e. The first kappa shape index (κ1) is 25.5. The van der Waals surface area contributed by atoms with E-state index in [1.165, 1.54) is 12.3 Å². The summed E-state index contributed by atoms with van der Waals surface area (Å²) in [5.41, 5.74) is 1.75. The van der Waals surface area contributed by atoms with Crippen LogP contribution in [0, 0.1) is 23.3 Å². The summed E-state index contributed by atoms with van der Waals surface area (Å²) >= 11 is 0. The van der Waals surface area contributed by atoms with Gasteiger partial charge in [0.05, 0.1) is 16.7 Å². The van der Waals surface area contributed by atoms with Gasteiger partial charge in [-0.2, -0.15) is 0 Å². The van der Waals surface area contributed by atoms with Gasteiger partial charge >= 0.3 is 0 Å². The van der Waals surface area contributed by atoms with E-state index in [0.29, 0.717) is 35.4 Å². The zero-order valence-electron chi connectivity index (χ0n) is 20.6. The molecule has 0 fully saturated rings. The van der Waals surface area contributed by atoms with Gasteiger partial charge in [-0.25, -0.2) is 22.5 Å². The normalized spacial score (nSPS) is 13.1. The summed E-state index contributed by atoms with van der Waals surface area (Å²) in [6, 6.07) is 5.22. The molecule has 0 atom stereocenters. The van der Waals surface area contributed by atoms with Gasteiger partial charge in [0.2, 0.25) is 0 Å². The summed E-state index contributed by atoms with van der Waals surface area (Å²) in [6.07, 6.45) is 1.01. The number of likely N-dealkylation sites (N-methyl/N-ethyl adjacent to an activating group) is 1. The number of hydrogen-bond acceptors (Lipinski definition) is 5. The van der Waals surface area contributed by atoms with Crippen molar-refractivity contribution in [3.05, 3.63) is 80.8 Å². The van der Waals surface area contributed by atoms with Crippen LogP contribution in [0.1, 0.15) is 21.5 Å². The van der Waals surface area contributed by atoms with Gasteiger partial charge in [0, 0.05) is 49.6 Å². The van der Waals surface area contributed by atoms with Gasteiger partial charge < -0.3 is 25.1 Å². The van der Waals surface area contributed by atoms with Crippen LogP contribution in [-0.4, -0.2) is 64.4 Å². The first-order valence-electron chi connectivity index (χ1n) is 11.9. The Morgan fingerprint density at radius 2 is 1.82 bits per heavy atom. The smallest absolute Gasteiger partial charge is 0.261 e. The molecular weight excluding hydrogens is 504 g/mol. The fraction of sp³-hybridized carbons (Fsp3) is 0.269. The van der Waals surface area contributed by atoms with Gasteiger partial charge in [0.15, 0.2) is 23.3 Å². The summed E-state index contributed by atoms with van der Waals surface area (Å²) in [4.78, 5) is 39.6. The standard InChI is InChI=1S/C26H24F4N6O2/c1-35(2)7-8-36-12-13-9-19-20(10-15(13)26(36)38)34-24(33-19)21-18(4-6-32-25(21)37)31-5-3-14-22(29)16(27)11-17(28)23(14)30/h4,6,9-11H,3,5,7-8,12H2,1-2H3,(H,33,34)(H2,31,32,37). The molecule has 1 amide bonds. The second-order valence-electron chi connectivity index (χ2n) is 9.36. The van der Waals surface area contributed by atoms with E-state index in [9.17, 15) is 27.2 Å². The lowest BCUT2D eigenvalue weighted by Crippen LogP contribution is -2.31.